The van der Waals surface area contributed by atoms with Crippen molar-refractivity contribution >= 4 is 29.5 Å². The molecule has 0 aliphatic carbocycles. The summed E-state index contributed by atoms with van der Waals surface area (Å²) in [7, 11) is 0. The first-order chi connectivity index (χ1) is 14.5. The zero-order valence-corrected chi connectivity index (χ0v) is 18.1. The highest BCUT2D eigenvalue weighted by Gasteiger charge is 2.50. The maximum atomic E-state index is 11.3. The number of ether oxygens (including phenoxy) is 2. The Labute approximate surface area is 185 Å². The second kappa shape index (κ2) is 7.98. The van der Waals surface area contributed by atoms with Crippen LogP contribution in [0.1, 0.15) is 30.9 Å². The number of halogens is 1. The summed E-state index contributed by atoms with van der Waals surface area (Å²) in [6.07, 6.45) is 1.77. The molecule has 1 spiro atoms. The van der Waals surface area contributed by atoms with Crippen LogP contribution >= 0.6 is 23.4 Å². The Bertz CT molecular complexity index is 932. The Balaban J connectivity index is 1.43. The van der Waals surface area contributed by atoms with Gasteiger partial charge in [-0.3, -0.25) is 0 Å². The van der Waals surface area contributed by atoms with Crippen molar-refractivity contribution in [1.82, 2.24) is 4.90 Å². The molecule has 3 aliphatic rings. The van der Waals surface area contributed by atoms with Crippen molar-refractivity contribution in [3.05, 3.63) is 59.1 Å². The average molecular weight is 446 g/mol. The van der Waals surface area contributed by atoms with E-state index in [9.17, 15) is 9.90 Å². The van der Waals surface area contributed by atoms with Gasteiger partial charge in [0.15, 0.2) is 5.44 Å². The second-order valence-electron chi connectivity index (χ2n) is 8.47. The minimum atomic E-state index is -0.830. The summed E-state index contributed by atoms with van der Waals surface area (Å²) in [6.45, 7) is 1.80. The number of fused-ring (bicyclic) bond motifs is 3. The predicted octanol–water partition coefficient (Wildman–Crippen LogP) is 5.69. The molecule has 1 amide bonds. The Morgan fingerprint density at radius 1 is 1.17 bits per heavy atom. The highest BCUT2D eigenvalue weighted by atomic mass is 35.5. The lowest BCUT2D eigenvalue weighted by atomic mass is 9.68. The van der Waals surface area contributed by atoms with E-state index in [0.29, 0.717) is 24.7 Å². The molecule has 30 heavy (non-hydrogen) atoms. The minimum Gasteiger partial charge on any atom is -0.479 e. The molecule has 2 fully saturated rings. The Morgan fingerprint density at radius 2 is 1.93 bits per heavy atom. The quantitative estimate of drug-likeness (QED) is 0.643. The van der Waals surface area contributed by atoms with E-state index in [1.807, 2.05) is 36.4 Å². The van der Waals surface area contributed by atoms with Crippen LogP contribution in [0.4, 0.5) is 4.79 Å². The third-order valence-electron chi connectivity index (χ3n) is 6.59. The Kier molecular flexibility index (Phi) is 5.33. The van der Waals surface area contributed by atoms with Crippen molar-refractivity contribution < 1.29 is 19.4 Å². The van der Waals surface area contributed by atoms with Crippen LogP contribution in [0.2, 0.25) is 5.02 Å². The van der Waals surface area contributed by atoms with E-state index in [1.54, 1.807) is 11.8 Å². The lowest BCUT2D eigenvalue weighted by molar-refractivity contribution is -0.139. The van der Waals surface area contributed by atoms with E-state index in [2.05, 4.69) is 12.1 Å². The van der Waals surface area contributed by atoms with Crippen LogP contribution in [-0.4, -0.2) is 41.2 Å². The molecule has 3 aliphatic heterocycles. The van der Waals surface area contributed by atoms with Gasteiger partial charge < -0.3 is 19.5 Å². The summed E-state index contributed by atoms with van der Waals surface area (Å²) in [4.78, 5) is 14.0. The topological polar surface area (TPSA) is 59.0 Å². The van der Waals surface area contributed by atoms with Crippen molar-refractivity contribution in [2.24, 2.45) is 11.3 Å². The molecule has 5 rings (SSSR count). The predicted molar refractivity (Wildman–Crippen MR) is 116 cm³/mol. The smallest absolute Gasteiger partial charge is 0.407 e. The largest absolute Gasteiger partial charge is 0.479 e. The standard InChI is InChI=1S/C23H24ClNO4S/c24-15-6-7-17-19(12-15)29-21(30-16-4-2-1-3-5-16)18-13-23(14-28-20(17)18)8-10-25(11-9-23)22(26)27/h1-7,12,18,20-21H,8-11,13-14H2,(H,26,27)/t18-,20+,21?/m0/s1. The van der Waals surface area contributed by atoms with Crippen molar-refractivity contribution in [2.75, 3.05) is 19.7 Å². The fourth-order valence-corrected chi connectivity index (χ4v) is 6.25. The van der Waals surface area contributed by atoms with Gasteiger partial charge in [0.1, 0.15) is 5.75 Å². The second-order valence-corrected chi connectivity index (χ2v) is 10.1. The number of amides is 1. The molecule has 3 atom stereocenters. The highest BCUT2D eigenvalue weighted by Crippen LogP contribution is 2.55. The van der Waals surface area contributed by atoms with Gasteiger partial charge in [0.25, 0.3) is 0 Å². The molecule has 2 aromatic carbocycles. The number of likely N-dealkylation sites (tertiary alicyclic amines) is 1. The number of nitrogens with zero attached hydrogens (tertiary/aromatic N) is 1. The molecule has 7 heteroatoms. The van der Waals surface area contributed by atoms with Crippen LogP contribution in [0, 0.1) is 11.3 Å². The van der Waals surface area contributed by atoms with E-state index in [-0.39, 0.29) is 22.9 Å². The summed E-state index contributed by atoms with van der Waals surface area (Å²) in [6, 6.07) is 16.1. The number of carbonyl (C=O) groups is 1. The van der Waals surface area contributed by atoms with E-state index in [1.165, 1.54) is 4.90 Å². The van der Waals surface area contributed by atoms with Crippen LogP contribution in [0.15, 0.2) is 53.4 Å². The lowest BCUT2D eigenvalue weighted by Gasteiger charge is -2.51. The summed E-state index contributed by atoms with van der Waals surface area (Å²) >= 11 is 7.96. The van der Waals surface area contributed by atoms with Crippen LogP contribution in [0.25, 0.3) is 0 Å². The summed E-state index contributed by atoms with van der Waals surface area (Å²) in [5.74, 6) is 0.989. The number of benzene rings is 2. The number of hydrogen-bond acceptors (Lipinski definition) is 4. The molecule has 2 aromatic rings. The molecular formula is C23H24ClNO4S. The van der Waals surface area contributed by atoms with Gasteiger partial charge in [-0.15, -0.1) is 0 Å². The molecule has 0 saturated carbocycles. The maximum absolute atomic E-state index is 11.3. The van der Waals surface area contributed by atoms with Gasteiger partial charge in [0.05, 0.1) is 12.7 Å². The fraction of sp³-hybridized carbons (Fsp3) is 0.435. The molecule has 0 aromatic heterocycles. The van der Waals surface area contributed by atoms with Crippen molar-refractivity contribution in [2.45, 2.75) is 35.7 Å². The number of thioether (sulfide) groups is 1. The monoisotopic (exact) mass is 445 g/mol. The van der Waals surface area contributed by atoms with Crippen LogP contribution in [0.5, 0.6) is 5.75 Å². The van der Waals surface area contributed by atoms with Crippen molar-refractivity contribution in [3.8, 4) is 5.75 Å². The van der Waals surface area contributed by atoms with E-state index < -0.39 is 6.09 Å². The van der Waals surface area contributed by atoms with E-state index in [4.69, 9.17) is 21.1 Å². The molecule has 0 radical (unpaired) electrons. The normalized spacial score (nSPS) is 27.1. The molecule has 3 heterocycles. The molecule has 158 valence electrons. The van der Waals surface area contributed by atoms with Gasteiger partial charge >= 0.3 is 6.09 Å². The number of rotatable bonds is 2. The highest BCUT2D eigenvalue weighted by molar-refractivity contribution is 7.99. The summed E-state index contributed by atoms with van der Waals surface area (Å²) in [5, 5.41) is 9.97. The number of carboxylic acid groups (broad SMARTS) is 1. The molecule has 2 saturated heterocycles. The molecular weight excluding hydrogens is 422 g/mol. The van der Waals surface area contributed by atoms with E-state index in [0.717, 1.165) is 35.5 Å². The average Bonchev–Trinajstić information content (AvgIpc) is 2.75. The number of hydrogen-bond donors (Lipinski definition) is 1. The van der Waals surface area contributed by atoms with Gasteiger partial charge in [0.2, 0.25) is 0 Å². The molecule has 5 nitrogen and oxygen atoms in total. The van der Waals surface area contributed by atoms with Gasteiger partial charge in [0, 0.05) is 34.5 Å². The maximum Gasteiger partial charge on any atom is 0.407 e. The Morgan fingerprint density at radius 3 is 2.67 bits per heavy atom. The first-order valence-corrected chi connectivity index (χ1v) is 11.6. The van der Waals surface area contributed by atoms with Gasteiger partial charge in [-0.2, -0.15) is 0 Å². The number of piperidine rings is 1. The zero-order chi connectivity index (χ0) is 20.7. The van der Waals surface area contributed by atoms with Crippen LogP contribution < -0.4 is 4.74 Å². The molecule has 1 N–H and O–H groups in total. The van der Waals surface area contributed by atoms with E-state index >= 15 is 0 Å². The third-order valence-corrected chi connectivity index (χ3v) is 8.05. The Hall–Kier alpha value is -1.89. The first kappa shape index (κ1) is 20.0. The van der Waals surface area contributed by atoms with Gasteiger partial charge in [-0.1, -0.05) is 47.6 Å². The van der Waals surface area contributed by atoms with Crippen LogP contribution in [-0.2, 0) is 4.74 Å². The molecule has 1 unspecified atom stereocenters. The van der Waals surface area contributed by atoms with Gasteiger partial charge in [-0.25, -0.2) is 4.79 Å². The van der Waals surface area contributed by atoms with Crippen molar-refractivity contribution in [1.29, 1.82) is 0 Å². The van der Waals surface area contributed by atoms with Crippen molar-refractivity contribution in [3.63, 3.8) is 0 Å². The summed E-state index contributed by atoms with van der Waals surface area (Å²) < 4.78 is 13.0. The fourth-order valence-electron chi connectivity index (χ4n) is 4.94. The summed E-state index contributed by atoms with van der Waals surface area (Å²) in [5.41, 5.74) is 0.987. The molecule has 0 bridgehead atoms. The zero-order valence-electron chi connectivity index (χ0n) is 16.5. The van der Waals surface area contributed by atoms with Gasteiger partial charge in [-0.05, 0) is 48.9 Å². The SMILES string of the molecule is O=C(O)N1CCC2(CC1)CO[C@@H]1c3ccc(Cl)cc3OC(Sc3ccccc3)[C@H]1C2. The lowest BCUT2D eigenvalue weighted by Crippen LogP contribution is -2.51. The third kappa shape index (κ3) is 3.77. The first-order valence-electron chi connectivity index (χ1n) is 10.3. The minimum absolute atomic E-state index is 0.00982. The van der Waals surface area contributed by atoms with Crippen LogP contribution in [0.3, 0.4) is 0 Å².